The summed E-state index contributed by atoms with van der Waals surface area (Å²) < 4.78 is 10.9. The monoisotopic (exact) mass is 402 g/mol. The molecule has 1 unspecified atom stereocenters. The normalized spacial score (nSPS) is 23.0. The van der Waals surface area contributed by atoms with Gasteiger partial charge in [0.15, 0.2) is 0 Å². The van der Waals surface area contributed by atoms with Crippen LogP contribution in [0.2, 0.25) is 0 Å². The van der Waals surface area contributed by atoms with Gasteiger partial charge in [-0.15, -0.1) is 0 Å². The molecule has 0 spiro atoms. The highest BCUT2D eigenvalue weighted by Gasteiger charge is 2.47. The summed E-state index contributed by atoms with van der Waals surface area (Å²) in [4.78, 5) is 28.1. The van der Waals surface area contributed by atoms with E-state index in [1.165, 1.54) is 4.90 Å². The van der Waals surface area contributed by atoms with Crippen molar-refractivity contribution < 1.29 is 24.2 Å². The van der Waals surface area contributed by atoms with Crippen molar-refractivity contribution >= 4 is 17.9 Å². The molecule has 1 heterocycles. The minimum Gasteiger partial charge on any atom is -0.448 e. The van der Waals surface area contributed by atoms with E-state index in [9.17, 15) is 14.7 Å². The van der Waals surface area contributed by atoms with Gasteiger partial charge in [0.05, 0.1) is 13.2 Å². The van der Waals surface area contributed by atoms with Crippen LogP contribution in [0.25, 0.3) is 0 Å². The quantitative estimate of drug-likeness (QED) is 0.789. The molecule has 0 radical (unpaired) electrons. The zero-order valence-electron chi connectivity index (χ0n) is 17.4. The van der Waals surface area contributed by atoms with Gasteiger partial charge >= 0.3 is 12.2 Å². The van der Waals surface area contributed by atoms with Gasteiger partial charge in [-0.2, -0.15) is 0 Å². The first-order valence-corrected chi connectivity index (χ1v) is 10.4. The fourth-order valence-corrected chi connectivity index (χ4v) is 4.06. The number of cyclic esters (lactones) is 1. The molecule has 2 amide bonds. The molecule has 0 bridgehead atoms. The van der Waals surface area contributed by atoms with Crippen molar-refractivity contribution in [3.63, 3.8) is 0 Å². The van der Waals surface area contributed by atoms with Crippen molar-refractivity contribution in [2.75, 3.05) is 24.7 Å². The molecular formula is C22H30N2O5. The van der Waals surface area contributed by atoms with Crippen LogP contribution < -0.4 is 4.90 Å². The number of nitrogens with zero attached hydrogens (tertiary/aromatic N) is 2. The van der Waals surface area contributed by atoms with Gasteiger partial charge in [-0.1, -0.05) is 12.1 Å². The highest BCUT2D eigenvalue weighted by Crippen LogP contribution is 2.49. The molecule has 29 heavy (non-hydrogen) atoms. The SMILES string of the molecule is CC(C)(C)N(C(=O)OCC1(c2ccc(N3CC(CO)OC3=O)cc2)CC1)C1CC1. The van der Waals surface area contributed by atoms with Crippen LogP contribution in [0.4, 0.5) is 15.3 Å². The summed E-state index contributed by atoms with van der Waals surface area (Å²) in [6.45, 7) is 6.68. The topological polar surface area (TPSA) is 79.3 Å². The maximum absolute atomic E-state index is 12.7. The smallest absolute Gasteiger partial charge is 0.414 e. The van der Waals surface area contributed by atoms with Crippen molar-refractivity contribution in [3.8, 4) is 0 Å². The van der Waals surface area contributed by atoms with Gasteiger partial charge in [-0.3, -0.25) is 4.90 Å². The lowest BCUT2D eigenvalue weighted by atomic mass is 9.96. The molecule has 7 heteroatoms. The molecule has 158 valence electrons. The summed E-state index contributed by atoms with van der Waals surface area (Å²) in [5.74, 6) is 0. The first-order chi connectivity index (χ1) is 13.7. The molecule has 1 saturated heterocycles. The van der Waals surface area contributed by atoms with Crippen LogP contribution in [0.15, 0.2) is 24.3 Å². The van der Waals surface area contributed by atoms with Crippen molar-refractivity contribution in [1.29, 1.82) is 0 Å². The number of aliphatic hydroxyl groups excluding tert-OH is 1. The van der Waals surface area contributed by atoms with Crippen LogP contribution in [-0.4, -0.2) is 59.6 Å². The summed E-state index contributed by atoms with van der Waals surface area (Å²) in [5, 5.41) is 9.19. The summed E-state index contributed by atoms with van der Waals surface area (Å²) in [5.41, 5.74) is 1.50. The standard InChI is InChI=1S/C22H30N2O5/c1-21(2,3)24(17-8-9-17)20(27)28-14-22(10-11-22)15-4-6-16(7-5-15)23-12-18(13-25)29-19(23)26/h4-7,17-18,25H,8-14H2,1-3H3. The van der Waals surface area contributed by atoms with E-state index in [2.05, 4.69) is 0 Å². The van der Waals surface area contributed by atoms with E-state index >= 15 is 0 Å². The largest absolute Gasteiger partial charge is 0.448 e. The van der Waals surface area contributed by atoms with Crippen LogP contribution in [0.5, 0.6) is 0 Å². The number of carbonyl (C=O) groups is 2. The summed E-state index contributed by atoms with van der Waals surface area (Å²) in [6.07, 6.45) is 2.93. The zero-order chi connectivity index (χ0) is 20.8. The van der Waals surface area contributed by atoms with Gasteiger partial charge < -0.3 is 19.5 Å². The number of hydrogen-bond acceptors (Lipinski definition) is 5. The van der Waals surface area contributed by atoms with Crippen molar-refractivity contribution in [2.45, 2.75) is 69.6 Å². The van der Waals surface area contributed by atoms with Crippen molar-refractivity contribution in [3.05, 3.63) is 29.8 Å². The molecule has 1 aromatic carbocycles. The Morgan fingerprint density at radius 1 is 1.28 bits per heavy atom. The van der Waals surface area contributed by atoms with E-state index in [4.69, 9.17) is 9.47 Å². The number of ether oxygens (including phenoxy) is 2. The molecule has 0 aromatic heterocycles. The lowest BCUT2D eigenvalue weighted by Gasteiger charge is -2.35. The third-order valence-electron chi connectivity index (χ3n) is 6.03. The van der Waals surface area contributed by atoms with Gasteiger partial charge in [0.1, 0.15) is 12.7 Å². The molecule has 7 nitrogen and oxygen atoms in total. The third-order valence-corrected chi connectivity index (χ3v) is 6.03. The van der Waals surface area contributed by atoms with Crippen molar-refractivity contribution in [1.82, 2.24) is 4.90 Å². The first-order valence-electron chi connectivity index (χ1n) is 10.4. The Morgan fingerprint density at radius 3 is 2.41 bits per heavy atom. The van der Waals surface area contributed by atoms with E-state index in [1.807, 2.05) is 49.9 Å². The van der Waals surface area contributed by atoms with E-state index in [-0.39, 0.29) is 23.7 Å². The predicted molar refractivity (Wildman–Crippen MR) is 108 cm³/mol. The maximum Gasteiger partial charge on any atom is 0.414 e. The van der Waals surface area contributed by atoms with Gasteiger partial charge in [0, 0.05) is 22.7 Å². The second kappa shape index (κ2) is 7.20. The van der Waals surface area contributed by atoms with Gasteiger partial charge in [-0.05, 0) is 64.2 Å². The lowest BCUT2D eigenvalue weighted by molar-refractivity contribution is 0.0574. The third kappa shape index (κ3) is 4.06. The number of amides is 2. The lowest BCUT2D eigenvalue weighted by Crippen LogP contribution is -2.47. The second-order valence-corrected chi connectivity index (χ2v) is 9.45. The van der Waals surface area contributed by atoms with Gasteiger partial charge in [0.2, 0.25) is 0 Å². The van der Waals surface area contributed by atoms with E-state index in [1.54, 1.807) is 0 Å². The number of hydrogen-bond donors (Lipinski definition) is 1. The second-order valence-electron chi connectivity index (χ2n) is 9.45. The fraction of sp³-hybridized carbons (Fsp3) is 0.636. The fourth-order valence-electron chi connectivity index (χ4n) is 4.06. The Kier molecular flexibility index (Phi) is 4.97. The molecule has 1 atom stereocenters. The van der Waals surface area contributed by atoms with E-state index in [0.717, 1.165) is 36.9 Å². The minimum atomic E-state index is -0.478. The Labute approximate surface area is 171 Å². The molecule has 3 aliphatic rings. The minimum absolute atomic E-state index is 0.125. The highest BCUT2D eigenvalue weighted by molar-refractivity contribution is 5.89. The maximum atomic E-state index is 12.7. The Bertz CT molecular complexity index is 777. The Morgan fingerprint density at radius 2 is 1.93 bits per heavy atom. The Balaban J connectivity index is 1.40. The molecule has 2 saturated carbocycles. The number of anilines is 1. The van der Waals surface area contributed by atoms with Crippen LogP contribution in [-0.2, 0) is 14.9 Å². The van der Waals surface area contributed by atoms with Crippen LogP contribution >= 0.6 is 0 Å². The van der Waals surface area contributed by atoms with Gasteiger partial charge in [0.25, 0.3) is 0 Å². The van der Waals surface area contributed by atoms with Crippen LogP contribution in [0, 0.1) is 0 Å². The van der Waals surface area contributed by atoms with Gasteiger partial charge in [-0.25, -0.2) is 9.59 Å². The number of benzene rings is 1. The number of aliphatic hydroxyl groups is 1. The molecule has 1 aromatic rings. The highest BCUT2D eigenvalue weighted by atomic mass is 16.6. The average Bonchev–Trinajstić information content (AvgIpc) is 3.59. The molecule has 4 rings (SSSR count). The molecule has 1 N–H and O–H groups in total. The Hall–Kier alpha value is -2.28. The molecule has 2 aliphatic carbocycles. The molecule has 1 aliphatic heterocycles. The zero-order valence-corrected chi connectivity index (χ0v) is 17.4. The number of rotatable bonds is 6. The number of carbonyl (C=O) groups excluding carboxylic acids is 2. The van der Waals surface area contributed by atoms with Crippen molar-refractivity contribution in [2.24, 2.45) is 0 Å². The summed E-state index contributed by atoms with van der Waals surface area (Å²) >= 11 is 0. The molecular weight excluding hydrogens is 372 g/mol. The summed E-state index contributed by atoms with van der Waals surface area (Å²) in [7, 11) is 0. The summed E-state index contributed by atoms with van der Waals surface area (Å²) in [6, 6.07) is 8.09. The van der Waals surface area contributed by atoms with Crippen LogP contribution in [0.1, 0.15) is 52.0 Å². The van der Waals surface area contributed by atoms with E-state index < -0.39 is 12.2 Å². The average molecular weight is 402 g/mol. The molecule has 3 fully saturated rings. The van der Waals surface area contributed by atoms with E-state index in [0.29, 0.717) is 19.2 Å². The first kappa shape index (κ1) is 20.0. The van der Waals surface area contributed by atoms with Crippen LogP contribution in [0.3, 0.4) is 0 Å². The predicted octanol–water partition coefficient (Wildman–Crippen LogP) is 3.44.